The van der Waals surface area contributed by atoms with E-state index in [-0.39, 0.29) is 11.2 Å². The summed E-state index contributed by atoms with van der Waals surface area (Å²) >= 11 is 0. The molecule has 1 aromatic heterocycles. The van der Waals surface area contributed by atoms with Gasteiger partial charge in [0.1, 0.15) is 0 Å². The van der Waals surface area contributed by atoms with Gasteiger partial charge in [-0.1, -0.05) is 6.58 Å². The Kier molecular flexibility index (Phi) is 4.40. The number of aromatic nitrogens is 1. The van der Waals surface area contributed by atoms with Crippen molar-refractivity contribution < 1.29 is 19.9 Å². The summed E-state index contributed by atoms with van der Waals surface area (Å²) in [4.78, 5) is 10.6. The standard InChI is InChI=1S/C9H9NO2.H2O/c1-2-6-10-7-4-3-5-8(10)9(11)12;/h2-5,7H,1,6H2;1H2. The van der Waals surface area contributed by atoms with E-state index in [0.717, 1.165) is 0 Å². The van der Waals surface area contributed by atoms with Crippen molar-refractivity contribution in [1.29, 1.82) is 0 Å². The molecule has 0 fully saturated rings. The number of aromatic carboxylic acids is 1. The number of carbonyl (C=O) groups is 1. The van der Waals surface area contributed by atoms with Gasteiger partial charge in [-0.15, -0.1) is 0 Å². The molecule has 1 aromatic rings. The molecule has 0 unspecified atom stereocenters. The van der Waals surface area contributed by atoms with Crippen molar-refractivity contribution in [2.75, 3.05) is 0 Å². The number of rotatable bonds is 3. The molecule has 0 aromatic carbocycles. The first-order valence-electron chi connectivity index (χ1n) is 3.58. The Morgan fingerprint density at radius 1 is 1.62 bits per heavy atom. The predicted molar refractivity (Wildman–Crippen MR) is 45.7 cm³/mol. The maximum Gasteiger partial charge on any atom is 0.401 e. The second-order valence-electron chi connectivity index (χ2n) is 2.33. The fraction of sp³-hybridized carbons (Fsp3) is 0.111. The van der Waals surface area contributed by atoms with Gasteiger partial charge < -0.3 is 10.6 Å². The van der Waals surface area contributed by atoms with Crippen molar-refractivity contribution in [1.82, 2.24) is 0 Å². The molecule has 0 aliphatic heterocycles. The summed E-state index contributed by atoms with van der Waals surface area (Å²) < 4.78 is 1.62. The van der Waals surface area contributed by atoms with Crippen LogP contribution in [-0.2, 0) is 6.54 Å². The molecular formula is C9H11NO3. The minimum absolute atomic E-state index is 0. The van der Waals surface area contributed by atoms with Gasteiger partial charge in [0.25, 0.3) is 5.69 Å². The average Bonchev–Trinajstić information content (AvgIpc) is 2.05. The molecule has 4 nitrogen and oxygen atoms in total. The first-order valence-corrected chi connectivity index (χ1v) is 3.58. The number of hydrogen-bond donors (Lipinski definition) is 1. The molecule has 0 saturated carbocycles. The average molecular weight is 181 g/mol. The summed E-state index contributed by atoms with van der Waals surface area (Å²) in [5.74, 6) is -0.919. The highest BCUT2D eigenvalue weighted by atomic mass is 16.4. The molecule has 0 saturated heterocycles. The predicted octanol–water partition coefficient (Wildman–Crippen LogP) is 0.681. The maximum absolute atomic E-state index is 10.6. The van der Waals surface area contributed by atoms with Crippen LogP contribution in [0.4, 0.5) is 0 Å². The van der Waals surface area contributed by atoms with E-state index in [1.807, 2.05) is 0 Å². The van der Waals surface area contributed by atoms with Gasteiger partial charge >= 0.3 is 5.97 Å². The summed E-state index contributed by atoms with van der Waals surface area (Å²) in [5, 5.41) is 8.74. The molecular weight excluding hydrogens is 170 g/mol. The lowest BCUT2D eigenvalue weighted by Gasteiger charge is -1.94. The minimum atomic E-state index is -0.919. The largest absolute Gasteiger partial charge is 0.870 e. The second kappa shape index (κ2) is 5.05. The van der Waals surface area contributed by atoms with Gasteiger partial charge in [0, 0.05) is 12.1 Å². The van der Waals surface area contributed by atoms with E-state index in [1.165, 1.54) is 0 Å². The highest BCUT2D eigenvalue weighted by Crippen LogP contribution is 1.90. The summed E-state index contributed by atoms with van der Waals surface area (Å²) in [5.41, 5.74) is 0.275. The number of allylic oxidation sites excluding steroid dienone is 1. The third-order valence-electron chi connectivity index (χ3n) is 1.49. The van der Waals surface area contributed by atoms with Crippen LogP contribution in [0.5, 0.6) is 0 Å². The molecule has 0 bridgehead atoms. The van der Waals surface area contributed by atoms with Gasteiger partial charge in [0.05, 0.1) is 0 Å². The van der Waals surface area contributed by atoms with Crippen LogP contribution in [0.3, 0.4) is 0 Å². The second-order valence-corrected chi connectivity index (χ2v) is 2.33. The number of pyridine rings is 1. The van der Waals surface area contributed by atoms with Crippen LogP contribution in [0.15, 0.2) is 37.1 Å². The Hall–Kier alpha value is -1.68. The van der Waals surface area contributed by atoms with Crippen LogP contribution >= 0.6 is 0 Å². The molecule has 0 spiro atoms. The Bertz CT molecular complexity index is 309. The van der Waals surface area contributed by atoms with Crippen molar-refractivity contribution in [3.05, 3.63) is 42.7 Å². The molecule has 0 aliphatic rings. The monoisotopic (exact) mass is 181 g/mol. The summed E-state index contributed by atoms with van der Waals surface area (Å²) in [6.07, 6.45) is 3.37. The molecule has 70 valence electrons. The summed E-state index contributed by atoms with van der Waals surface area (Å²) in [6, 6.07) is 5.05. The Balaban J connectivity index is 0.00000144. The Morgan fingerprint density at radius 2 is 2.31 bits per heavy atom. The molecule has 0 atom stereocenters. The Labute approximate surface area is 76.1 Å². The van der Waals surface area contributed by atoms with E-state index in [0.29, 0.717) is 6.54 Å². The fourth-order valence-corrected chi connectivity index (χ4v) is 0.969. The molecule has 0 radical (unpaired) electrons. The van der Waals surface area contributed by atoms with Gasteiger partial charge in [0.15, 0.2) is 12.7 Å². The zero-order valence-electron chi connectivity index (χ0n) is 7.05. The number of hydrogen-bond acceptors (Lipinski definition) is 2. The van der Waals surface area contributed by atoms with Crippen molar-refractivity contribution >= 4 is 5.97 Å². The number of carboxylic acids is 1. The van der Waals surface area contributed by atoms with Crippen LogP contribution in [0.1, 0.15) is 10.5 Å². The minimum Gasteiger partial charge on any atom is -0.870 e. The quantitative estimate of drug-likeness (QED) is 0.550. The normalized spacial score (nSPS) is 8.62. The summed E-state index contributed by atoms with van der Waals surface area (Å²) in [6.45, 7) is 4.06. The van der Waals surface area contributed by atoms with Gasteiger partial charge in [0.2, 0.25) is 0 Å². The first kappa shape index (κ1) is 11.3. The van der Waals surface area contributed by atoms with Gasteiger partial charge in [-0.3, -0.25) is 0 Å². The zero-order chi connectivity index (χ0) is 8.97. The van der Waals surface area contributed by atoms with Crippen molar-refractivity contribution in [3.63, 3.8) is 0 Å². The molecule has 1 rings (SSSR count). The lowest BCUT2D eigenvalue weighted by Crippen LogP contribution is -2.39. The molecule has 0 aliphatic carbocycles. The van der Waals surface area contributed by atoms with Crippen molar-refractivity contribution in [2.24, 2.45) is 0 Å². The highest BCUT2D eigenvalue weighted by Gasteiger charge is 2.14. The molecule has 4 heteroatoms. The first-order chi connectivity index (χ1) is 5.75. The molecule has 0 amide bonds. The zero-order valence-corrected chi connectivity index (χ0v) is 7.05. The van der Waals surface area contributed by atoms with E-state index in [1.54, 1.807) is 35.0 Å². The van der Waals surface area contributed by atoms with Crippen LogP contribution in [-0.4, -0.2) is 16.6 Å². The smallest absolute Gasteiger partial charge is 0.401 e. The van der Waals surface area contributed by atoms with Crippen LogP contribution in [0.25, 0.3) is 0 Å². The number of carboxylic acid groups (broad SMARTS) is 1. The van der Waals surface area contributed by atoms with E-state index < -0.39 is 5.97 Å². The van der Waals surface area contributed by atoms with Gasteiger partial charge in [-0.2, -0.15) is 4.57 Å². The van der Waals surface area contributed by atoms with Gasteiger partial charge in [-0.25, -0.2) is 4.79 Å². The molecule has 2 N–H and O–H groups in total. The lowest BCUT2D eigenvalue weighted by atomic mass is 10.3. The van der Waals surface area contributed by atoms with Crippen molar-refractivity contribution in [3.8, 4) is 0 Å². The van der Waals surface area contributed by atoms with Crippen molar-refractivity contribution in [2.45, 2.75) is 6.54 Å². The number of nitrogens with zero attached hydrogens (tertiary/aromatic N) is 1. The maximum atomic E-state index is 10.6. The third-order valence-corrected chi connectivity index (χ3v) is 1.49. The van der Waals surface area contributed by atoms with Crippen LogP contribution < -0.4 is 4.57 Å². The summed E-state index contributed by atoms with van der Waals surface area (Å²) in [7, 11) is 0. The SMILES string of the molecule is C=CC[n+]1ccccc1C(=O)O.[OH-]. The van der Waals surface area contributed by atoms with E-state index in [4.69, 9.17) is 5.11 Å². The van der Waals surface area contributed by atoms with E-state index in [2.05, 4.69) is 6.58 Å². The van der Waals surface area contributed by atoms with E-state index in [9.17, 15) is 4.79 Å². The Morgan fingerprint density at radius 3 is 2.85 bits per heavy atom. The molecule has 1 heterocycles. The molecule has 13 heavy (non-hydrogen) atoms. The lowest BCUT2D eigenvalue weighted by molar-refractivity contribution is -0.689. The van der Waals surface area contributed by atoms with Crippen LogP contribution in [0, 0.1) is 0 Å². The van der Waals surface area contributed by atoms with E-state index >= 15 is 0 Å². The highest BCUT2D eigenvalue weighted by molar-refractivity contribution is 5.83. The van der Waals surface area contributed by atoms with Crippen LogP contribution in [0.2, 0.25) is 0 Å². The van der Waals surface area contributed by atoms with Gasteiger partial charge in [-0.05, 0) is 12.1 Å². The topological polar surface area (TPSA) is 71.2 Å². The third kappa shape index (κ3) is 2.68. The fourth-order valence-electron chi connectivity index (χ4n) is 0.969.